The summed E-state index contributed by atoms with van der Waals surface area (Å²) >= 11 is 7.08. The SMILES string of the molecule is Cc1ccc(F)cc1CNc1cc(F)c(S(=O)(=O)N(C(=O)O)c2cscn2)cc1Cl. The number of halogens is 3. The second-order valence-corrected chi connectivity index (χ2v) is 8.97. The quantitative estimate of drug-likeness (QED) is 0.530. The van der Waals surface area contributed by atoms with E-state index in [1.807, 2.05) is 0 Å². The van der Waals surface area contributed by atoms with Gasteiger partial charge >= 0.3 is 6.09 Å². The van der Waals surface area contributed by atoms with E-state index in [1.54, 1.807) is 13.0 Å². The summed E-state index contributed by atoms with van der Waals surface area (Å²) in [7, 11) is -4.83. The van der Waals surface area contributed by atoms with Crippen LogP contribution >= 0.6 is 22.9 Å². The lowest BCUT2D eigenvalue weighted by Crippen LogP contribution is -2.36. The van der Waals surface area contributed by atoms with Crippen molar-refractivity contribution in [3.8, 4) is 0 Å². The number of benzene rings is 2. The third kappa shape index (κ3) is 4.37. The Morgan fingerprint density at radius 1 is 1.30 bits per heavy atom. The lowest BCUT2D eigenvalue weighted by Gasteiger charge is -2.18. The molecule has 0 atom stereocenters. The molecule has 0 bridgehead atoms. The molecule has 0 spiro atoms. The highest BCUT2D eigenvalue weighted by Gasteiger charge is 2.35. The maximum absolute atomic E-state index is 14.7. The second-order valence-electron chi connectivity index (χ2n) is 6.09. The molecule has 0 aliphatic heterocycles. The Morgan fingerprint density at radius 2 is 2.03 bits per heavy atom. The van der Waals surface area contributed by atoms with Gasteiger partial charge < -0.3 is 10.4 Å². The van der Waals surface area contributed by atoms with Crippen molar-refractivity contribution in [1.82, 2.24) is 4.98 Å². The van der Waals surface area contributed by atoms with Gasteiger partial charge in [0.15, 0.2) is 5.82 Å². The number of carbonyl (C=O) groups is 1. The van der Waals surface area contributed by atoms with Crippen LogP contribution in [0.5, 0.6) is 0 Å². The first kappa shape index (κ1) is 21.9. The number of carboxylic acid groups (broad SMARTS) is 1. The minimum atomic E-state index is -4.83. The molecule has 0 radical (unpaired) electrons. The number of anilines is 2. The Balaban J connectivity index is 1.94. The molecule has 0 unspecified atom stereocenters. The van der Waals surface area contributed by atoms with E-state index in [0.717, 1.165) is 29.0 Å². The summed E-state index contributed by atoms with van der Waals surface area (Å²) in [5, 5.41) is 13.2. The fraction of sp³-hybridized carbons (Fsp3) is 0.111. The van der Waals surface area contributed by atoms with E-state index in [2.05, 4.69) is 10.3 Å². The minimum absolute atomic E-state index is 0.0263. The number of hydrogen-bond donors (Lipinski definition) is 2. The Kier molecular flexibility index (Phi) is 6.25. The summed E-state index contributed by atoms with van der Waals surface area (Å²) in [6, 6.07) is 5.86. The van der Waals surface area contributed by atoms with Gasteiger partial charge in [0.2, 0.25) is 0 Å². The van der Waals surface area contributed by atoms with E-state index < -0.39 is 32.6 Å². The van der Waals surface area contributed by atoms with Crippen molar-refractivity contribution in [1.29, 1.82) is 0 Å². The van der Waals surface area contributed by atoms with Crippen molar-refractivity contribution < 1.29 is 27.1 Å². The van der Waals surface area contributed by atoms with Gasteiger partial charge in [-0.3, -0.25) is 0 Å². The van der Waals surface area contributed by atoms with Crippen LogP contribution in [0.3, 0.4) is 0 Å². The van der Waals surface area contributed by atoms with Gasteiger partial charge in [0, 0.05) is 11.9 Å². The summed E-state index contributed by atoms with van der Waals surface area (Å²) in [5.41, 5.74) is 2.70. The highest BCUT2D eigenvalue weighted by molar-refractivity contribution is 7.93. The molecule has 0 saturated heterocycles. The zero-order chi connectivity index (χ0) is 22.1. The van der Waals surface area contributed by atoms with E-state index >= 15 is 0 Å². The molecule has 2 aromatic carbocycles. The van der Waals surface area contributed by atoms with Crippen molar-refractivity contribution >= 4 is 50.6 Å². The molecule has 3 aromatic rings. The van der Waals surface area contributed by atoms with Crippen LogP contribution in [0.25, 0.3) is 0 Å². The molecule has 1 amide bonds. The Bertz CT molecular complexity index is 1200. The largest absolute Gasteiger partial charge is 0.464 e. The smallest absolute Gasteiger partial charge is 0.427 e. The predicted molar refractivity (Wildman–Crippen MR) is 110 cm³/mol. The van der Waals surface area contributed by atoms with Crippen LogP contribution < -0.4 is 9.62 Å². The molecule has 158 valence electrons. The van der Waals surface area contributed by atoms with E-state index in [0.29, 0.717) is 5.56 Å². The maximum Gasteiger partial charge on any atom is 0.427 e. The van der Waals surface area contributed by atoms with Gasteiger partial charge in [0.25, 0.3) is 10.0 Å². The van der Waals surface area contributed by atoms with E-state index in [-0.39, 0.29) is 27.4 Å². The van der Waals surface area contributed by atoms with E-state index in [9.17, 15) is 27.1 Å². The number of aromatic nitrogens is 1. The van der Waals surface area contributed by atoms with Gasteiger partial charge in [-0.1, -0.05) is 17.7 Å². The summed E-state index contributed by atoms with van der Waals surface area (Å²) < 4.78 is 53.6. The van der Waals surface area contributed by atoms with Crippen LogP contribution in [0.4, 0.5) is 25.1 Å². The van der Waals surface area contributed by atoms with Gasteiger partial charge in [-0.2, -0.15) is 0 Å². The summed E-state index contributed by atoms with van der Waals surface area (Å²) in [4.78, 5) is 14.3. The van der Waals surface area contributed by atoms with Crippen LogP contribution in [0.1, 0.15) is 11.1 Å². The number of aryl methyl sites for hydroxylation is 1. The molecule has 0 aliphatic rings. The van der Waals surface area contributed by atoms with Crippen molar-refractivity contribution in [3.63, 3.8) is 0 Å². The lowest BCUT2D eigenvalue weighted by atomic mass is 10.1. The van der Waals surface area contributed by atoms with Gasteiger partial charge in [0.05, 0.1) is 16.2 Å². The van der Waals surface area contributed by atoms with Crippen LogP contribution in [-0.2, 0) is 16.6 Å². The third-order valence-corrected chi connectivity index (χ3v) is 6.70. The fourth-order valence-corrected chi connectivity index (χ4v) is 4.81. The number of amides is 1. The number of nitrogens with one attached hydrogen (secondary N) is 1. The molecule has 12 heteroatoms. The molecule has 0 saturated carbocycles. The first-order chi connectivity index (χ1) is 14.1. The van der Waals surface area contributed by atoms with Gasteiger partial charge in [-0.15, -0.1) is 15.6 Å². The first-order valence-electron chi connectivity index (χ1n) is 8.25. The Labute approximate surface area is 179 Å². The number of nitrogens with zero attached hydrogens (tertiary/aromatic N) is 2. The molecule has 7 nitrogen and oxygen atoms in total. The van der Waals surface area contributed by atoms with Crippen LogP contribution in [-0.4, -0.2) is 24.6 Å². The second kappa shape index (κ2) is 8.54. The standard InChI is InChI=1S/C18H14ClF2N3O4S2/c1-10-2-3-12(20)4-11(10)7-22-15-6-14(21)16(5-13(15)19)30(27,28)24(18(25)26)17-8-29-9-23-17/h2-6,8-9,22H,7H2,1H3,(H,25,26). The number of thiazole rings is 1. The van der Waals surface area contributed by atoms with Gasteiger partial charge in [0.1, 0.15) is 16.5 Å². The number of sulfonamides is 1. The molecule has 3 rings (SSSR count). The zero-order valence-electron chi connectivity index (χ0n) is 15.3. The summed E-state index contributed by atoms with van der Waals surface area (Å²) in [6.07, 6.45) is -1.85. The number of rotatable bonds is 6. The van der Waals surface area contributed by atoms with E-state index in [1.165, 1.54) is 23.0 Å². The maximum atomic E-state index is 14.7. The monoisotopic (exact) mass is 473 g/mol. The lowest BCUT2D eigenvalue weighted by molar-refractivity contribution is 0.206. The first-order valence-corrected chi connectivity index (χ1v) is 11.0. The van der Waals surface area contributed by atoms with Crippen LogP contribution in [0, 0.1) is 18.6 Å². The van der Waals surface area contributed by atoms with Crippen molar-refractivity contribution in [3.05, 3.63) is 69.0 Å². The Morgan fingerprint density at radius 3 is 2.67 bits per heavy atom. The molecule has 1 aromatic heterocycles. The van der Waals surface area contributed by atoms with Crippen molar-refractivity contribution in [2.45, 2.75) is 18.4 Å². The topological polar surface area (TPSA) is 99.6 Å². The zero-order valence-corrected chi connectivity index (χ0v) is 17.7. The van der Waals surface area contributed by atoms with Crippen LogP contribution in [0.2, 0.25) is 5.02 Å². The molecule has 1 heterocycles. The molecule has 2 N–H and O–H groups in total. The summed E-state index contributed by atoms with van der Waals surface area (Å²) in [6.45, 7) is 1.88. The Hall–Kier alpha value is -2.76. The van der Waals surface area contributed by atoms with Crippen LogP contribution in [0.15, 0.2) is 46.1 Å². The third-order valence-electron chi connectivity index (χ3n) is 4.12. The fourth-order valence-electron chi connectivity index (χ4n) is 2.61. The molecular formula is C18H14ClF2N3O4S2. The predicted octanol–water partition coefficient (Wildman–Crippen LogP) is 4.87. The molecule has 0 fully saturated rings. The highest BCUT2D eigenvalue weighted by Crippen LogP contribution is 2.32. The minimum Gasteiger partial charge on any atom is -0.464 e. The van der Waals surface area contributed by atoms with Crippen molar-refractivity contribution in [2.24, 2.45) is 0 Å². The number of hydrogen-bond acceptors (Lipinski definition) is 6. The summed E-state index contributed by atoms with van der Waals surface area (Å²) in [5.74, 6) is -2.03. The normalized spacial score (nSPS) is 11.3. The molecule has 30 heavy (non-hydrogen) atoms. The van der Waals surface area contributed by atoms with E-state index in [4.69, 9.17) is 11.6 Å². The molecule has 0 aliphatic carbocycles. The van der Waals surface area contributed by atoms with Crippen molar-refractivity contribution in [2.75, 3.05) is 9.62 Å². The van der Waals surface area contributed by atoms with Gasteiger partial charge in [-0.05, 0) is 42.3 Å². The van der Waals surface area contributed by atoms with Gasteiger partial charge in [-0.25, -0.2) is 27.0 Å². The average Bonchev–Trinajstić information content (AvgIpc) is 3.17. The average molecular weight is 474 g/mol. The molecular weight excluding hydrogens is 460 g/mol. The highest BCUT2D eigenvalue weighted by atomic mass is 35.5.